The maximum atomic E-state index is 13.7. The van der Waals surface area contributed by atoms with Crippen molar-refractivity contribution in [2.45, 2.75) is 38.7 Å². The molecule has 5 rings (SSSR count). The molecular formula is C29H26F6N6O2S. The van der Waals surface area contributed by atoms with Crippen LogP contribution in [0, 0.1) is 12.8 Å². The van der Waals surface area contributed by atoms with Gasteiger partial charge in [0.15, 0.2) is 0 Å². The van der Waals surface area contributed by atoms with Crippen molar-refractivity contribution < 1.29 is 35.9 Å². The van der Waals surface area contributed by atoms with Gasteiger partial charge in [-0.1, -0.05) is 6.07 Å². The van der Waals surface area contributed by atoms with Crippen molar-refractivity contribution >= 4 is 34.9 Å². The molecule has 0 atom stereocenters. The van der Waals surface area contributed by atoms with Gasteiger partial charge in [-0.25, -0.2) is 9.97 Å². The number of piperidine rings is 1. The van der Waals surface area contributed by atoms with E-state index in [4.69, 9.17) is 0 Å². The van der Waals surface area contributed by atoms with E-state index in [-0.39, 0.29) is 23.2 Å². The number of anilines is 1. The van der Waals surface area contributed by atoms with Crippen molar-refractivity contribution in [3.8, 4) is 11.3 Å². The second kappa shape index (κ2) is 12.6. The lowest BCUT2D eigenvalue weighted by Crippen LogP contribution is -2.38. The summed E-state index contributed by atoms with van der Waals surface area (Å²) in [6.07, 6.45) is -5.13. The first-order valence-corrected chi connectivity index (χ1v) is 14.4. The lowest BCUT2D eigenvalue weighted by atomic mass is 9.97. The molecule has 15 heteroatoms. The van der Waals surface area contributed by atoms with Gasteiger partial charge in [0.25, 0.3) is 11.1 Å². The molecule has 4 heterocycles. The second-order valence-electron chi connectivity index (χ2n) is 10.5. The highest BCUT2D eigenvalue weighted by atomic mass is 32.2. The highest BCUT2D eigenvalue weighted by Crippen LogP contribution is 2.40. The highest BCUT2D eigenvalue weighted by Gasteiger charge is 2.38. The molecule has 0 radical (unpaired) electrons. The Hall–Kier alpha value is -3.98. The van der Waals surface area contributed by atoms with Crippen LogP contribution in [0.3, 0.4) is 0 Å². The number of nitrogens with one attached hydrogen (secondary N) is 2. The number of hydrogen-bond acceptors (Lipinski definition) is 8. The number of amides is 2. The number of halogens is 6. The third-order valence-corrected chi connectivity index (χ3v) is 7.98. The topological polar surface area (TPSA) is 100 Å². The average molecular weight is 637 g/mol. The minimum Gasteiger partial charge on any atom is -0.341 e. The molecule has 0 saturated carbocycles. The summed E-state index contributed by atoms with van der Waals surface area (Å²) in [5.74, 6) is 0.354. The smallest absolute Gasteiger partial charge is 0.341 e. The van der Waals surface area contributed by atoms with E-state index in [1.165, 1.54) is 6.07 Å². The number of thioether (sulfide) groups is 1. The number of hydrogen-bond donors (Lipinski definition) is 2. The van der Waals surface area contributed by atoms with E-state index in [1.54, 1.807) is 31.3 Å². The van der Waals surface area contributed by atoms with Crippen LogP contribution >= 0.6 is 11.8 Å². The summed E-state index contributed by atoms with van der Waals surface area (Å²) in [5.41, 5.74) is -1.61. The number of nitrogens with zero attached hydrogens (tertiary/aromatic N) is 4. The number of rotatable bonds is 7. The number of aromatic nitrogens is 3. The van der Waals surface area contributed by atoms with Crippen molar-refractivity contribution in [2.75, 3.05) is 24.5 Å². The maximum absolute atomic E-state index is 13.7. The zero-order valence-corrected chi connectivity index (χ0v) is 24.0. The first-order chi connectivity index (χ1) is 20.8. The maximum Gasteiger partial charge on any atom is 0.417 e. The SMILES string of the molecule is Cc1cc(CNCC2CCN(c3nccc(/C=C4/SC(=O)NC4=O)n3)CC2)nc(-c2ccc(C(F)(F)F)cc2C(F)(F)F)c1. The number of benzene rings is 1. The van der Waals surface area contributed by atoms with Gasteiger partial charge < -0.3 is 10.2 Å². The number of carbonyl (C=O) groups is 2. The molecule has 0 spiro atoms. The number of imide groups is 1. The van der Waals surface area contributed by atoms with Gasteiger partial charge in [0.1, 0.15) is 0 Å². The van der Waals surface area contributed by atoms with Crippen LogP contribution in [0.4, 0.5) is 37.1 Å². The Bertz CT molecular complexity index is 1600. The summed E-state index contributed by atoms with van der Waals surface area (Å²) in [5, 5.41) is 5.08. The molecule has 2 fully saturated rings. The van der Waals surface area contributed by atoms with E-state index in [2.05, 4.69) is 25.6 Å². The molecule has 8 nitrogen and oxygen atoms in total. The van der Waals surface area contributed by atoms with Crippen LogP contribution < -0.4 is 15.5 Å². The largest absolute Gasteiger partial charge is 0.417 e. The molecule has 2 N–H and O–H groups in total. The predicted molar refractivity (Wildman–Crippen MR) is 152 cm³/mol. The molecule has 0 bridgehead atoms. The first kappa shape index (κ1) is 31.4. The Morgan fingerprint density at radius 2 is 1.77 bits per heavy atom. The molecule has 2 amide bonds. The fourth-order valence-electron chi connectivity index (χ4n) is 5.04. The van der Waals surface area contributed by atoms with Crippen LogP contribution in [0.2, 0.25) is 0 Å². The molecule has 232 valence electrons. The summed E-state index contributed by atoms with van der Waals surface area (Å²) in [7, 11) is 0. The van der Waals surface area contributed by atoms with Crippen LogP contribution in [0.25, 0.3) is 17.3 Å². The van der Waals surface area contributed by atoms with Crippen LogP contribution in [-0.2, 0) is 23.7 Å². The van der Waals surface area contributed by atoms with Crippen molar-refractivity contribution in [3.05, 3.63) is 75.6 Å². The van der Waals surface area contributed by atoms with E-state index in [0.29, 0.717) is 54.5 Å². The fourth-order valence-corrected chi connectivity index (χ4v) is 5.70. The molecule has 2 aliphatic rings. The zero-order valence-electron chi connectivity index (χ0n) is 23.2. The minimum absolute atomic E-state index is 0.0483. The summed E-state index contributed by atoms with van der Waals surface area (Å²) in [6.45, 7) is 3.95. The Labute approximate surface area is 252 Å². The number of carbonyl (C=O) groups excluding carboxylic acids is 2. The third-order valence-electron chi connectivity index (χ3n) is 7.17. The van der Waals surface area contributed by atoms with Gasteiger partial charge in [0.05, 0.1) is 33.1 Å². The van der Waals surface area contributed by atoms with Gasteiger partial charge in [0.2, 0.25) is 5.95 Å². The van der Waals surface area contributed by atoms with Crippen LogP contribution in [0.15, 0.2) is 47.5 Å². The third kappa shape index (κ3) is 7.56. The van der Waals surface area contributed by atoms with Gasteiger partial charge in [-0.3, -0.25) is 19.9 Å². The molecule has 2 aromatic heterocycles. The van der Waals surface area contributed by atoms with Gasteiger partial charge >= 0.3 is 12.4 Å². The quantitative estimate of drug-likeness (QED) is 0.233. The van der Waals surface area contributed by atoms with Gasteiger partial charge in [-0.2, -0.15) is 26.3 Å². The lowest BCUT2D eigenvalue weighted by molar-refractivity contribution is -0.142. The Balaban J connectivity index is 1.19. The molecule has 2 saturated heterocycles. The number of alkyl halides is 6. The normalized spacial score (nSPS) is 17.4. The van der Waals surface area contributed by atoms with Crippen molar-refractivity contribution in [1.29, 1.82) is 0 Å². The summed E-state index contributed by atoms with van der Waals surface area (Å²) < 4.78 is 80.5. The standard InChI is InChI=1S/C29H26F6N6O2S/c1-16-10-20(38-23(11-16)21-3-2-18(28(30,31)32)12-22(21)29(33,34)35)15-36-14-17-5-8-41(9-6-17)26-37-7-4-19(39-26)13-24-25(42)40-27(43)44-24/h2-4,7,10-13,17,36H,5-6,8-9,14-15H2,1H3,(H,40,42,43)/b24-13+. The molecular weight excluding hydrogens is 610 g/mol. The second-order valence-corrected chi connectivity index (χ2v) is 11.5. The van der Waals surface area contributed by atoms with Gasteiger partial charge in [-0.05, 0) is 86.0 Å². The van der Waals surface area contributed by atoms with E-state index in [9.17, 15) is 35.9 Å². The first-order valence-electron chi connectivity index (χ1n) is 13.6. The molecule has 0 aliphatic carbocycles. The molecule has 0 unspecified atom stereocenters. The van der Waals surface area contributed by atoms with Crippen LogP contribution in [0.5, 0.6) is 0 Å². The number of pyridine rings is 1. The van der Waals surface area contributed by atoms with E-state index in [1.807, 2.05) is 4.90 Å². The Morgan fingerprint density at radius 1 is 1.02 bits per heavy atom. The Kier molecular flexibility index (Phi) is 8.97. The van der Waals surface area contributed by atoms with E-state index >= 15 is 0 Å². The van der Waals surface area contributed by atoms with E-state index < -0.39 is 40.2 Å². The van der Waals surface area contributed by atoms with E-state index in [0.717, 1.165) is 30.7 Å². The average Bonchev–Trinajstić information content (AvgIpc) is 3.27. The molecule has 2 aliphatic heterocycles. The van der Waals surface area contributed by atoms with Crippen molar-refractivity contribution in [2.24, 2.45) is 5.92 Å². The van der Waals surface area contributed by atoms with Crippen molar-refractivity contribution in [3.63, 3.8) is 0 Å². The summed E-state index contributed by atoms with van der Waals surface area (Å²) in [6, 6.07) is 6.37. The molecule has 44 heavy (non-hydrogen) atoms. The molecule has 1 aromatic carbocycles. The minimum atomic E-state index is -5.00. The highest BCUT2D eigenvalue weighted by molar-refractivity contribution is 8.18. The fraction of sp³-hybridized carbons (Fsp3) is 0.345. The van der Waals surface area contributed by atoms with Gasteiger partial charge in [-0.15, -0.1) is 0 Å². The summed E-state index contributed by atoms with van der Waals surface area (Å²) in [4.78, 5) is 38.7. The lowest BCUT2D eigenvalue weighted by Gasteiger charge is -2.32. The predicted octanol–water partition coefficient (Wildman–Crippen LogP) is 6.21. The summed E-state index contributed by atoms with van der Waals surface area (Å²) >= 11 is 0.813. The van der Waals surface area contributed by atoms with Crippen LogP contribution in [0.1, 0.15) is 40.9 Å². The van der Waals surface area contributed by atoms with Gasteiger partial charge in [0, 0.05) is 31.4 Å². The van der Waals surface area contributed by atoms with Crippen molar-refractivity contribution in [1.82, 2.24) is 25.6 Å². The number of aryl methyl sites for hydroxylation is 1. The molecule has 3 aromatic rings. The Morgan fingerprint density at radius 3 is 2.43 bits per heavy atom. The monoisotopic (exact) mass is 636 g/mol. The zero-order chi connectivity index (χ0) is 31.6. The van der Waals surface area contributed by atoms with Crippen LogP contribution in [-0.4, -0.2) is 45.7 Å².